The van der Waals surface area contributed by atoms with Crippen molar-refractivity contribution in [2.45, 2.75) is 12.3 Å². The van der Waals surface area contributed by atoms with Crippen LogP contribution in [0.15, 0.2) is 152 Å². The van der Waals surface area contributed by atoms with Crippen molar-refractivity contribution in [2.75, 3.05) is 0 Å². The maximum atomic E-state index is 3.46. The molecule has 0 radical (unpaired) electrons. The van der Waals surface area contributed by atoms with Crippen LogP contribution in [0.4, 0.5) is 0 Å². The van der Waals surface area contributed by atoms with Gasteiger partial charge in [-0.1, -0.05) is 127 Å². The van der Waals surface area contributed by atoms with Gasteiger partial charge in [-0.3, -0.25) is 0 Å². The molecule has 1 N–H and O–H groups in total. The second-order valence-corrected chi connectivity index (χ2v) is 12.6. The summed E-state index contributed by atoms with van der Waals surface area (Å²) in [4.78, 5) is 3.46. The van der Waals surface area contributed by atoms with E-state index in [2.05, 4.69) is 158 Å². The van der Waals surface area contributed by atoms with Crippen molar-refractivity contribution in [3.8, 4) is 22.4 Å². The number of aromatic nitrogens is 1. The zero-order chi connectivity index (χ0) is 29.7. The van der Waals surface area contributed by atoms with Crippen molar-refractivity contribution >= 4 is 53.9 Å². The number of hydrogen-bond donors (Lipinski definition) is 1. The molecule has 45 heavy (non-hydrogen) atoms. The molecule has 1 aliphatic carbocycles. The van der Waals surface area contributed by atoms with E-state index in [1.165, 1.54) is 87.2 Å². The molecule has 0 aliphatic heterocycles. The Kier molecular flexibility index (Phi) is 4.91. The third-order valence-electron chi connectivity index (χ3n) is 10.5. The molecule has 1 aliphatic rings. The molecule has 1 nitrogen and oxygen atoms in total. The lowest BCUT2D eigenvalue weighted by atomic mass is 9.72. The van der Waals surface area contributed by atoms with Crippen LogP contribution in [0.3, 0.4) is 0 Å². The topological polar surface area (TPSA) is 15.8 Å². The molecule has 10 rings (SSSR count). The Bertz CT molecular complexity index is 2640. The summed E-state index contributed by atoms with van der Waals surface area (Å²) >= 11 is 0. The monoisotopic (exact) mass is 571 g/mol. The lowest BCUT2D eigenvalue weighted by Gasteiger charge is -2.30. The highest BCUT2D eigenvalue weighted by molar-refractivity contribution is 6.40. The fourth-order valence-corrected chi connectivity index (χ4v) is 8.54. The first-order chi connectivity index (χ1) is 22.2. The Hall–Kier alpha value is -5.66. The van der Waals surface area contributed by atoms with Gasteiger partial charge in [0.25, 0.3) is 0 Å². The minimum atomic E-state index is -0.307. The first-order valence-corrected chi connectivity index (χ1v) is 15.8. The lowest BCUT2D eigenvalue weighted by Crippen LogP contribution is -2.22. The summed E-state index contributed by atoms with van der Waals surface area (Å²) < 4.78 is 0. The molecule has 1 aromatic heterocycles. The summed E-state index contributed by atoms with van der Waals surface area (Å²) in [5.74, 6) is 0. The van der Waals surface area contributed by atoms with Gasteiger partial charge in [-0.2, -0.15) is 0 Å². The third kappa shape index (κ3) is 3.17. The maximum absolute atomic E-state index is 3.46. The van der Waals surface area contributed by atoms with Gasteiger partial charge >= 0.3 is 0 Å². The number of aromatic amines is 1. The van der Waals surface area contributed by atoms with Crippen molar-refractivity contribution in [3.63, 3.8) is 0 Å². The quantitative estimate of drug-likeness (QED) is 0.199. The second kappa shape index (κ2) is 8.94. The van der Waals surface area contributed by atoms with Crippen molar-refractivity contribution in [2.24, 2.45) is 0 Å². The zero-order valence-corrected chi connectivity index (χ0v) is 24.9. The number of fused-ring (bicyclic) bond motifs is 15. The Morgan fingerprint density at radius 1 is 0.444 bits per heavy atom. The molecule has 0 saturated heterocycles. The highest BCUT2D eigenvalue weighted by atomic mass is 14.7. The third-order valence-corrected chi connectivity index (χ3v) is 10.5. The highest BCUT2D eigenvalue weighted by Crippen LogP contribution is 2.57. The normalized spacial score (nSPS) is 15.8. The minimum absolute atomic E-state index is 0.307. The molecular weight excluding hydrogens is 542 g/mol. The van der Waals surface area contributed by atoms with Crippen LogP contribution in [-0.4, -0.2) is 4.98 Å². The first-order valence-electron chi connectivity index (χ1n) is 15.8. The van der Waals surface area contributed by atoms with Crippen LogP contribution in [-0.2, 0) is 5.41 Å². The standard InChI is InChI=1S/C44H29N/c1-44(28-12-3-2-4-13-28)38-19-10-9-16-31(38)35-23-24-36-40-32-17-7-5-14-29(32)30-15-6-8-18-33(30)41(40)37-26-27(39-20-11-25-45-39)21-22-34(37)42(36)43(35)44/h2-26,45H,1H3. The Labute approximate surface area is 261 Å². The molecule has 9 aromatic rings. The van der Waals surface area contributed by atoms with Crippen LogP contribution in [0, 0.1) is 0 Å². The van der Waals surface area contributed by atoms with Crippen molar-refractivity contribution in [3.05, 3.63) is 168 Å². The van der Waals surface area contributed by atoms with Gasteiger partial charge in [0.05, 0.1) is 0 Å². The number of H-pyrrole nitrogens is 1. The van der Waals surface area contributed by atoms with Gasteiger partial charge in [-0.05, 0) is 112 Å². The van der Waals surface area contributed by atoms with Gasteiger partial charge in [-0.25, -0.2) is 0 Å². The van der Waals surface area contributed by atoms with Crippen LogP contribution in [0.2, 0.25) is 0 Å². The SMILES string of the molecule is CC1(c2ccccc2)c2ccccc2-c2ccc3c(c21)c1ccc(-c2ccc[nH]2)cc1c1c2ccccc2c2ccccc2c31. The molecular formula is C44H29N. The van der Waals surface area contributed by atoms with E-state index in [-0.39, 0.29) is 5.41 Å². The van der Waals surface area contributed by atoms with E-state index in [0.717, 1.165) is 5.69 Å². The molecule has 210 valence electrons. The van der Waals surface area contributed by atoms with Crippen LogP contribution in [0.1, 0.15) is 23.6 Å². The van der Waals surface area contributed by atoms with E-state index in [9.17, 15) is 0 Å². The Balaban J connectivity index is 1.51. The Morgan fingerprint density at radius 3 is 1.80 bits per heavy atom. The zero-order valence-electron chi connectivity index (χ0n) is 24.9. The maximum Gasteiger partial charge on any atom is 0.0454 e. The molecule has 1 atom stereocenters. The summed E-state index contributed by atoms with van der Waals surface area (Å²) in [6.07, 6.45) is 2.01. The molecule has 0 bridgehead atoms. The van der Waals surface area contributed by atoms with Crippen LogP contribution in [0.5, 0.6) is 0 Å². The van der Waals surface area contributed by atoms with E-state index >= 15 is 0 Å². The second-order valence-electron chi connectivity index (χ2n) is 12.6. The summed E-state index contributed by atoms with van der Waals surface area (Å²) in [7, 11) is 0. The predicted octanol–water partition coefficient (Wildman–Crippen LogP) is 11.8. The van der Waals surface area contributed by atoms with Crippen LogP contribution in [0.25, 0.3) is 76.2 Å². The van der Waals surface area contributed by atoms with Crippen molar-refractivity contribution < 1.29 is 0 Å². The van der Waals surface area contributed by atoms with E-state index in [1.807, 2.05) is 6.20 Å². The highest BCUT2D eigenvalue weighted by Gasteiger charge is 2.42. The summed E-state index contributed by atoms with van der Waals surface area (Å²) in [6.45, 7) is 2.44. The summed E-state index contributed by atoms with van der Waals surface area (Å²) in [6, 6.07) is 54.2. The summed E-state index contributed by atoms with van der Waals surface area (Å²) in [5, 5.41) is 13.2. The fraction of sp³-hybridized carbons (Fsp3) is 0.0455. The van der Waals surface area contributed by atoms with E-state index in [1.54, 1.807) is 0 Å². The average molecular weight is 572 g/mol. The smallest absolute Gasteiger partial charge is 0.0454 e. The minimum Gasteiger partial charge on any atom is -0.361 e. The lowest BCUT2D eigenvalue weighted by molar-refractivity contribution is 0.721. The predicted molar refractivity (Wildman–Crippen MR) is 191 cm³/mol. The molecule has 1 unspecified atom stereocenters. The van der Waals surface area contributed by atoms with Crippen molar-refractivity contribution in [1.82, 2.24) is 4.98 Å². The fourth-order valence-electron chi connectivity index (χ4n) is 8.54. The van der Waals surface area contributed by atoms with E-state index in [4.69, 9.17) is 0 Å². The molecule has 0 saturated carbocycles. The van der Waals surface area contributed by atoms with Crippen molar-refractivity contribution in [1.29, 1.82) is 0 Å². The molecule has 8 aromatic carbocycles. The molecule has 1 heteroatoms. The number of rotatable bonds is 2. The summed E-state index contributed by atoms with van der Waals surface area (Å²) in [5.41, 5.74) is 8.80. The Morgan fingerprint density at radius 2 is 1.07 bits per heavy atom. The van der Waals surface area contributed by atoms with Gasteiger partial charge < -0.3 is 4.98 Å². The van der Waals surface area contributed by atoms with Gasteiger partial charge in [0.2, 0.25) is 0 Å². The number of nitrogens with one attached hydrogen (secondary N) is 1. The molecule has 0 spiro atoms. The van der Waals surface area contributed by atoms with Gasteiger partial charge in [0, 0.05) is 17.3 Å². The number of hydrogen-bond acceptors (Lipinski definition) is 0. The van der Waals surface area contributed by atoms with E-state index in [0.29, 0.717) is 0 Å². The first kappa shape index (κ1) is 24.7. The molecule has 0 amide bonds. The average Bonchev–Trinajstić information content (AvgIpc) is 3.74. The van der Waals surface area contributed by atoms with E-state index < -0.39 is 0 Å². The molecule has 1 heterocycles. The largest absolute Gasteiger partial charge is 0.361 e. The van der Waals surface area contributed by atoms with Gasteiger partial charge in [0.1, 0.15) is 0 Å². The van der Waals surface area contributed by atoms with Crippen LogP contribution < -0.4 is 0 Å². The molecule has 0 fully saturated rings. The van der Waals surface area contributed by atoms with Gasteiger partial charge in [-0.15, -0.1) is 0 Å². The van der Waals surface area contributed by atoms with Crippen LogP contribution >= 0.6 is 0 Å². The van der Waals surface area contributed by atoms with Gasteiger partial charge in [0.15, 0.2) is 0 Å². The number of benzene rings is 8.